The molecule has 0 spiro atoms. The largest absolute Gasteiger partial charge is 0.481 e. The molecule has 94 valence electrons. The van der Waals surface area contributed by atoms with Crippen LogP contribution in [0.1, 0.15) is 34.6 Å². The van der Waals surface area contributed by atoms with Gasteiger partial charge in [0.1, 0.15) is 0 Å². The van der Waals surface area contributed by atoms with Gasteiger partial charge in [-0.25, -0.2) is 0 Å². The number of carbonyl (C=O) groups excluding carboxylic acids is 1. The lowest BCUT2D eigenvalue weighted by Crippen LogP contribution is -2.53. The first-order valence-electron chi connectivity index (χ1n) is 5.32. The molecule has 0 aliphatic rings. The standard InChI is InChI=1S/C11H21NO4/c1-6(7(2)10(15)16)9(14)12-11(4,5)8(3)13/h6-8,13H,1-5H3,(H,12,14)(H,15,16). The predicted octanol–water partition coefficient (Wildman–Crippen LogP) is 0.619. The summed E-state index contributed by atoms with van der Waals surface area (Å²) in [5.74, 6) is -2.74. The first-order valence-corrected chi connectivity index (χ1v) is 5.32. The number of nitrogens with one attached hydrogen (secondary N) is 1. The molecular formula is C11H21NO4. The van der Waals surface area contributed by atoms with Crippen molar-refractivity contribution in [3.63, 3.8) is 0 Å². The molecular weight excluding hydrogens is 210 g/mol. The Morgan fingerprint density at radius 3 is 1.88 bits per heavy atom. The maximum Gasteiger partial charge on any atom is 0.307 e. The molecule has 0 saturated carbocycles. The van der Waals surface area contributed by atoms with Gasteiger partial charge >= 0.3 is 5.97 Å². The van der Waals surface area contributed by atoms with Crippen LogP contribution in [0.3, 0.4) is 0 Å². The van der Waals surface area contributed by atoms with Gasteiger partial charge in [-0.2, -0.15) is 0 Å². The number of carbonyl (C=O) groups is 2. The second-order valence-electron chi connectivity index (χ2n) is 4.80. The molecule has 5 heteroatoms. The highest BCUT2D eigenvalue weighted by atomic mass is 16.4. The van der Waals surface area contributed by atoms with Gasteiger partial charge in [-0.15, -0.1) is 0 Å². The molecule has 0 saturated heterocycles. The van der Waals surface area contributed by atoms with Crippen molar-refractivity contribution < 1.29 is 19.8 Å². The number of aliphatic carboxylic acids is 1. The Balaban J connectivity index is 4.54. The summed E-state index contributed by atoms with van der Waals surface area (Å²) in [6, 6.07) is 0. The molecule has 16 heavy (non-hydrogen) atoms. The van der Waals surface area contributed by atoms with E-state index in [9.17, 15) is 14.7 Å². The predicted molar refractivity (Wildman–Crippen MR) is 59.9 cm³/mol. The van der Waals surface area contributed by atoms with Crippen LogP contribution in [0.2, 0.25) is 0 Å². The topological polar surface area (TPSA) is 86.6 Å². The summed E-state index contributed by atoms with van der Waals surface area (Å²) < 4.78 is 0. The molecule has 3 unspecified atom stereocenters. The number of rotatable bonds is 5. The highest BCUT2D eigenvalue weighted by molar-refractivity contribution is 5.84. The van der Waals surface area contributed by atoms with E-state index in [1.807, 2.05) is 0 Å². The minimum absolute atomic E-state index is 0.360. The molecule has 0 rings (SSSR count). The Hall–Kier alpha value is -1.10. The van der Waals surface area contributed by atoms with E-state index in [0.717, 1.165) is 0 Å². The van der Waals surface area contributed by atoms with Gasteiger partial charge in [0.2, 0.25) is 5.91 Å². The van der Waals surface area contributed by atoms with Crippen molar-refractivity contribution in [2.24, 2.45) is 11.8 Å². The fraction of sp³-hybridized carbons (Fsp3) is 0.818. The Morgan fingerprint density at radius 2 is 1.56 bits per heavy atom. The van der Waals surface area contributed by atoms with Crippen molar-refractivity contribution in [3.05, 3.63) is 0 Å². The quantitative estimate of drug-likeness (QED) is 0.647. The Morgan fingerprint density at radius 1 is 1.12 bits per heavy atom. The van der Waals surface area contributed by atoms with E-state index < -0.39 is 29.4 Å². The lowest BCUT2D eigenvalue weighted by Gasteiger charge is -2.31. The van der Waals surface area contributed by atoms with E-state index in [-0.39, 0.29) is 5.91 Å². The van der Waals surface area contributed by atoms with E-state index >= 15 is 0 Å². The fourth-order valence-corrected chi connectivity index (χ4v) is 0.977. The van der Waals surface area contributed by atoms with Gasteiger partial charge in [0, 0.05) is 5.92 Å². The Kier molecular flexibility index (Phi) is 4.93. The molecule has 0 radical (unpaired) electrons. The Bertz CT molecular complexity index is 273. The minimum Gasteiger partial charge on any atom is -0.481 e. The van der Waals surface area contributed by atoms with Crippen LogP contribution in [0.5, 0.6) is 0 Å². The molecule has 0 aliphatic heterocycles. The van der Waals surface area contributed by atoms with Gasteiger partial charge in [-0.05, 0) is 20.8 Å². The third-order valence-electron chi connectivity index (χ3n) is 3.04. The first kappa shape index (κ1) is 14.9. The molecule has 3 N–H and O–H groups in total. The van der Waals surface area contributed by atoms with Gasteiger partial charge in [-0.3, -0.25) is 9.59 Å². The average Bonchev–Trinajstić information content (AvgIpc) is 2.14. The van der Waals surface area contributed by atoms with E-state index in [0.29, 0.717) is 0 Å². The van der Waals surface area contributed by atoms with Crippen LogP contribution in [0.4, 0.5) is 0 Å². The van der Waals surface area contributed by atoms with E-state index in [2.05, 4.69) is 5.32 Å². The fourth-order valence-electron chi connectivity index (χ4n) is 0.977. The second kappa shape index (κ2) is 5.30. The van der Waals surface area contributed by atoms with Crippen LogP contribution in [0.25, 0.3) is 0 Å². The number of amides is 1. The smallest absolute Gasteiger partial charge is 0.307 e. The van der Waals surface area contributed by atoms with Crippen molar-refractivity contribution >= 4 is 11.9 Å². The van der Waals surface area contributed by atoms with Crippen LogP contribution in [0, 0.1) is 11.8 Å². The molecule has 0 aromatic rings. The zero-order chi connectivity index (χ0) is 13.1. The van der Waals surface area contributed by atoms with Crippen molar-refractivity contribution in [2.45, 2.75) is 46.3 Å². The van der Waals surface area contributed by atoms with Gasteiger partial charge in [-0.1, -0.05) is 13.8 Å². The van der Waals surface area contributed by atoms with Gasteiger partial charge < -0.3 is 15.5 Å². The van der Waals surface area contributed by atoms with Gasteiger partial charge in [0.15, 0.2) is 0 Å². The maximum atomic E-state index is 11.7. The highest BCUT2D eigenvalue weighted by Gasteiger charge is 2.31. The van der Waals surface area contributed by atoms with Crippen molar-refractivity contribution in [1.29, 1.82) is 0 Å². The third kappa shape index (κ3) is 3.81. The Labute approximate surface area is 95.9 Å². The molecule has 0 aromatic carbocycles. The zero-order valence-electron chi connectivity index (χ0n) is 10.4. The normalized spacial score (nSPS) is 17.4. The molecule has 3 atom stereocenters. The molecule has 0 heterocycles. The summed E-state index contributed by atoms with van der Waals surface area (Å²) >= 11 is 0. The second-order valence-corrected chi connectivity index (χ2v) is 4.80. The van der Waals surface area contributed by atoms with Crippen LogP contribution in [-0.4, -0.2) is 33.7 Å². The summed E-state index contributed by atoms with van der Waals surface area (Å²) in [5, 5.41) is 20.8. The zero-order valence-corrected chi connectivity index (χ0v) is 10.4. The number of carboxylic acids is 1. The number of hydrogen-bond donors (Lipinski definition) is 3. The highest BCUT2D eigenvalue weighted by Crippen LogP contribution is 2.15. The van der Waals surface area contributed by atoms with Crippen LogP contribution in [-0.2, 0) is 9.59 Å². The van der Waals surface area contributed by atoms with E-state index in [1.54, 1.807) is 27.7 Å². The lowest BCUT2D eigenvalue weighted by atomic mass is 9.92. The molecule has 0 aromatic heterocycles. The summed E-state index contributed by atoms with van der Waals surface area (Å²) in [6.45, 7) is 8.00. The van der Waals surface area contributed by atoms with Crippen molar-refractivity contribution in [1.82, 2.24) is 5.32 Å². The average molecular weight is 231 g/mol. The van der Waals surface area contributed by atoms with E-state index in [4.69, 9.17) is 5.11 Å². The van der Waals surface area contributed by atoms with Gasteiger partial charge in [0.25, 0.3) is 0 Å². The SMILES string of the molecule is CC(C(=O)O)C(C)C(=O)NC(C)(C)C(C)O. The summed E-state index contributed by atoms with van der Waals surface area (Å²) in [4.78, 5) is 22.4. The monoisotopic (exact) mass is 231 g/mol. The molecule has 0 aliphatic carbocycles. The minimum atomic E-state index is -1.00. The number of carboxylic acid groups (broad SMARTS) is 1. The van der Waals surface area contributed by atoms with Crippen LogP contribution >= 0.6 is 0 Å². The van der Waals surface area contributed by atoms with Crippen molar-refractivity contribution in [2.75, 3.05) is 0 Å². The molecule has 0 bridgehead atoms. The molecule has 1 amide bonds. The summed E-state index contributed by atoms with van der Waals surface area (Å²) in [7, 11) is 0. The first-order chi connectivity index (χ1) is 7.09. The van der Waals surface area contributed by atoms with Crippen molar-refractivity contribution in [3.8, 4) is 0 Å². The third-order valence-corrected chi connectivity index (χ3v) is 3.04. The maximum absolute atomic E-state index is 11.7. The molecule has 5 nitrogen and oxygen atoms in total. The van der Waals surface area contributed by atoms with E-state index in [1.165, 1.54) is 6.92 Å². The van der Waals surface area contributed by atoms with Gasteiger partial charge in [0.05, 0.1) is 17.6 Å². The number of aliphatic hydroxyl groups excluding tert-OH is 1. The summed E-state index contributed by atoms with van der Waals surface area (Å²) in [5.41, 5.74) is -0.760. The number of hydrogen-bond acceptors (Lipinski definition) is 3. The van der Waals surface area contributed by atoms with Crippen LogP contribution < -0.4 is 5.32 Å². The summed E-state index contributed by atoms with van der Waals surface area (Å²) in [6.07, 6.45) is -0.705. The van der Waals surface area contributed by atoms with Crippen LogP contribution in [0.15, 0.2) is 0 Å². The number of aliphatic hydroxyl groups is 1. The molecule has 0 fully saturated rings. The lowest BCUT2D eigenvalue weighted by molar-refractivity contribution is -0.146.